The van der Waals surface area contributed by atoms with E-state index in [0.717, 1.165) is 28.6 Å². The van der Waals surface area contributed by atoms with Gasteiger partial charge in [-0.25, -0.2) is 0 Å². The minimum absolute atomic E-state index is 0.154. The molecule has 0 saturated heterocycles. The molecule has 2 aromatic rings. The van der Waals surface area contributed by atoms with Crippen molar-refractivity contribution < 1.29 is 4.79 Å². The second-order valence-corrected chi connectivity index (χ2v) is 5.42. The van der Waals surface area contributed by atoms with E-state index in [0.29, 0.717) is 11.4 Å². The average Bonchev–Trinajstić information content (AvgIpc) is 2.76. The normalized spacial score (nSPS) is 10.5. The first kappa shape index (κ1) is 13.8. The minimum Gasteiger partial charge on any atom is -0.305 e. The van der Waals surface area contributed by atoms with Gasteiger partial charge >= 0.3 is 0 Å². The second-order valence-electron chi connectivity index (χ2n) is 4.50. The molecular weight excluding hydrogens is 306 g/mol. The van der Waals surface area contributed by atoms with Crippen LogP contribution < -0.4 is 5.32 Å². The number of anilines is 1. The van der Waals surface area contributed by atoms with Gasteiger partial charge in [-0.1, -0.05) is 29.3 Å². The van der Waals surface area contributed by atoms with Crippen LogP contribution in [0.1, 0.15) is 35.0 Å². The lowest BCUT2D eigenvalue weighted by molar-refractivity contribution is 0.102. The van der Waals surface area contributed by atoms with Crippen molar-refractivity contribution in [3.63, 3.8) is 0 Å². The number of carbonyl (C=O) groups excluding carboxylic acids is 1. The molecule has 0 fully saturated rings. The van der Waals surface area contributed by atoms with Crippen LogP contribution in [0.4, 0.5) is 5.82 Å². The van der Waals surface area contributed by atoms with Gasteiger partial charge in [-0.2, -0.15) is 5.10 Å². The van der Waals surface area contributed by atoms with Crippen LogP contribution in [0.3, 0.4) is 0 Å². The number of rotatable bonds is 4. The summed E-state index contributed by atoms with van der Waals surface area (Å²) in [6.45, 7) is 4.05. The SMILES string of the molecule is CCCc1cc(NC(=O)c2cc(C)cc(Br)c2)n[nH]1. The van der Waals surface area contributed by atoms with Crippen LogP contribution in [0, 0.1) is 6.92 Å². The number of hydrogen-bond acceptors (Lipinski definition) is 2. The van der Waals surface area contributed by atoms with Crippen LogP contribution in [-0.2, 0) is 6.42 Å². The molecule has 1 aromatic heterocycles. The summed E-state index contributed by atoms with van der Waals surface area (Å²) >= 11 is 3.39. The zero-order valence-electron chi connectivity index (χ0n) is 11.0. The van der Waals surface area contributed by atoms with Gasteiger partial charge in [0.1, 0.15) is 0 Å². The van der Waals surface area contributed by atoms with Gasteiger partial charge in [0.15, 0.2) is 5.82 Å². The first-order valence-corrected chi connectivity index (χ1v) is 7.00. The second kappa shape index (κ2) is 6.02. The Kier molecular flexibility index (Phi) is 4.37. The largest absolute Gasteiger partial charge is 0.305 e. The van der Waals surface area contributed by atoms with Crippen LogP contribution in [0.2, 0.25) is 0 Å². The molecule has 4 nitrogen and oxygen atoms in total. The molecule has 2 N–H and O–H groups in total. The monoisotopic (exact) mass is 321 g/mol. The first-order chi connectivity index (χ1) is 9.08. The van der Waals surface area contributed by atoms with Crippen LogP contribution in [0.5, 0.6) is 0 Å². The topological polar surface area (TPSA) is 57.8 Å². The van der Waals surface area contributed by atoms with Crippen molar-refractivity contribution in [2.24, 2.45) is 0 Å². The standard InChI is InChI=1S/C14H16BrN3O/c1-3-4-12-8-13(18-17-12)16-14(19)10-5-9(2)6-11(15)7-10/h5-8H,3-4H2,1-2H3,(H2,16,17,18,19). The smallest absolute Gasteiger partial charge is 0.256 e. The zero-order chi connectivity index (χ0) is 13.8. The van der Waals surface area contributed by atoms with Gasteiger partial charge in [-0.15, -0.1) is 0 Å². The van der Waals surface area contributed by atoms with Gasteiger partial charge in [0.05, 0.1) is 0 Å². The minimum atomic E-state index is -0.154. The fraction of sp³-hybridized carbons (Fsp3) is 0.286. The van der Waals surface area contributed by atoms with Gasteiger partial charge in [0.2, 0.25) is 0 Å². The summed E-state index contributed by atoms with van der Waals surface area (Å²) in [4.78, 5) is 12.1. The number of amides is 1. The number of benzene rings is 1. The molecule has 19 heavy (non-hydrogen) atoms. The Morgan fingerprint density at radius 2 is 2.16 bits per heavy atom. The summed E-state index contributed by atoms with van der Waals surface area (Å²) < 4.78 is 0.895. The molecule has 0 unspecified atom stereocenters. The maximum absolute atomic E-state index is 12.1. The van der Waals surface area contributed by atoms with Gasteiger partial charge < -0.3 is 5.32 Å². The predicted molar refractivity (Wildman–Crippen MR) is 79.4 cm³/mol. The highest BCUT2D eigenvalue weighted by Gasteiger charge is 2.09. The molecule has 0 bridgehead atoms. The van der Waals surface area contributed by atoms with E-state index in [1.54, 1.807) is 6.07 Å². The molecule has 0 aliphatic heterocycles. The number of aromatic amines is 1. The molecule has 0 saturated carbocycles. The van der Waals surface area contributed by atoms with Gasteiger partial charge in [-0.3, -0.25) is 9.89 Å². The van der Waals surface area contributed by atoms with Crippen LogP contribution >= 0.6 is 15.9 Å². The number of halogens is 1. The predicted octanol–water partition coefficient (Wildman–Crippen LogP) is 3.69. The van der Waals surface area contributed by atoms with Crippen molar-refractivity contribution in [2.75, 3.05) is 5.32 Å². The van der Waals surface area contributed by atoms with Crippen LogP contribution in [0.25, 0.3) is 0 Å². The third kappa shape index (κ3) is 3.67. The summed E-state index contributed by atoms with van der Waals surface area (Å²) in [6.07, 6.45) is 1.97. The average molecular weight is 322 g/mol. The molecule has 1 heterocycles. The van der Waals surface area contributed by atoms with Gasteiger partial charge in [-0.05, 0) is 37.1 Å². The van der Waals surface area contributed by atoms with E-state index in [1.807, 2.05) is 25.1 Å². The summed E-state index contributed by atoms with van der Waals surface area (Å²) in [5.74, 6) is 0.407. The molecule has 1 amide bonds. The first-order valence-electron chi connectivity index (χ1n) is 6.21. The molecule has 1 aromatic carbocycles. The lowest BCUT2D eigenvalue weighted by atomic mass is 10.1. The van der Waals surface area contributed by atoms with E-state index in [-0.39, 0.29) is 5.91 Å². The van der Waals surface area contributed by atoms with E-state index in [2.05, 4.69) is 38.4 Å². The van der Waals surface area contributed by atoms with E-state index in [9.17, 15) is 4.79 Å². The molecule has 0 spiro atoms. The molecular formula is C14H16BrN3O. The fourth-order valence-electron chi connectivity index (χ4n) is 1.88. The third-order valence-electron chi connectivity index (χ3n) is 2.70. The number of aromatic nitrogens is 2. The Bertz CT molecular complexity index is 572. The molecule has 0 aliphatic carbocycles. The molecule has 0 radical (unpaired) electrons. The molecule has 0 aliphatic rings. The molecule has 100 valence electrons. The van der Waals surface area contributed by atoms with Crippen molar-refractivity contribution in [3.05, 3.63) is 45.6 Å². The van der Waals surface area contributed by atoms with E-state index in [1.165, 1.54) is 0 Å². The van der Waals surface area contributed by atoms with Crippen LogP contribution in [-0.4, -0.2) is 16.1 Å². The number of aryl methyl sites for hydroxylation is 2. The zero-order valence-corrected chi connectivity index (χ0v) is 12.5. The fourth-order valence-corrected chi connectivity index (χ4v) is 2.49. The Morgan fingerprint density at radius 3 is 2.84 bits per heavy atom. The Balaban J connectivity index is 2.11. The quantitative estimate of drug-likeness (QED) is 0.902. The molecule has 5 heteroatoms. The number of H-pyrrole nitrogens is 1. The maximum Gasteiger partial charge on any atom is 0.256 e. The lowest BCUT2D eigenvalue weighted by Gasteiger charge is -2.04. The van der Waals surface area contributed by atoms with Crippen molar-refractivity contribution in [2.45, 2.75) is 26.7 Å². The van der Waals surface area contributed by atoms with Crippen molar-refractivity contribution in [1.82, 2.24) is 10.2 Å². The summed E-state index contributed by atoms with van der Waals surface area (Å²) in [7, 11) is 0. The van der Waals surface area contributed by atoms with E-state index in [4.69, 9.17) is 0 Å². The maximum atomic E-state index is 12.1. The lowest BCUT2D eigenvalue weighted by Crippen LogP contribution is -2.12. The summed E-state index contributed by atoms with van der Waals surface area (Å²) in [5, 5.41) is 9.78. The number of nitrogens with one attached hydrogen (secondary N) is 2. The number of hydrogen-bond donors (Lipinski definition) is 2. The van der Waals surface area contributed by atoms with Gasteiger partial charge in [0, 0.05) is 21.8 Å². The molecule has 0 atom stereocenters. The van der Waals surface area contributed by atoms with E-state index < -0.39 is 0 Å². The highest BCUT2D eigenvalue weighted by atomic mass is 79.9. The summed E-state index contributed by atoms with van der Waals surface area (Å²) in [6, 6.07) is 7.47. The third-order valence-corrected chi connectivity index (χ3v) is 3.15. The Labute approximate surface area is 120 Å². The van der Waals surface area contributed by atoms with Crippen molar-refractivity contribution in [3.8, 4) is 0 Å². The van der Waals surface area contributed by atoms with Crippen molar-refractivity contribution >= 4 is 27.7 Å². The van der Waals surface area contributed by atoms with Gasteiger partial charge in [0.25, 0.3) is 5.91 Å². The number of nitrogens with zero attached hydrogens (tertiary/aromatic N) is 1. The number of carbonyl (C=O) groups is 1. The molecule has 2 rings (SSSR count). The van der Waals surface area contributed by atoms with E-state index >= 15 is 0 Å². The van der Waals surface area contributed by atoms with Crippen LogP contribution in [0.15, 0.2) is 28.7 Å². The Morgan fingerprint density at radius 1 is 1.37 bits per heavy atom. The Hall–Kier alpha value is -1.62. The highest BCUT2D eigenvalue weighted by molar-refractivity contribution is 9.10. The highest BCUT2D eigenvalue weighted by Crippen LogP contribution is 2.16. The summed E-state index contributed by atoms with van der Waals surface area (Å²) in [5.41, 5.74) is 2.68. The van der Waals surface area contributed by atoms with Crippen molar-refractivity contribution in [1.29, 1.82) is 0 Å².